The maximum absolute atomic E-state index is 12.1. The Labute approximate surface area is 146 Å². The van der Waals surface area contributed by atoms with Gasteiger partial charge in [-0.05, 0) is 12.1 Å². The van der Waals surface area contributed by atoms with E-state index in [0.717, 1.165) is 22.4 Å². The average Bonchev–Trinajstić information content (AvgIpc) is 2.97. The van der Waals surface area contributed by atoms with Crippen molar-refractivity contribution in [3.05, 3.63) is 48.8 Å². The molecule has 2 aromatic heterocycles. The third-order valence-electron chi connectivity index (χ3n) is 4.50. The average molecular weight is 357 g/mol. The fourth-order valence-electron chi connectivity index (χ4n) is 2.91. The predicted octanol–water partition coefficient (Wildman–Crippen LogP) is 1.50. The van der Waals surface area contributed by atoms with Gasteiger partial charge in [0.2, 0.25) is 10.0 Å². The lowest BCUT2D eigenvalue weighted by atomic mass is 10.2. The van der Waals surface area contributed by atoms with E-state index in [2.05, 4.69) is 10.1 Å². The summed E-state index contributed by atoms with van der Waals surface area (Å²) in [6, 6.07) is 11.8. The summed E-state index contributed by atoms with van der Waals surface area (Å²) in [5.41, 5.74) is 1.83. The van der Waals surface area contributed by atoms with Crippen LogP contribution in [0.1, 0.15) is 0 Å². The minimum Gasteiger partial charge on any atom is -0.354 e. The van der Waals surface area contributed by atoms with Crippen LogP contribution < -0.4 is 4.90 Å². The lowest BCUT2D eigenvalue weighted by Gasteiger charge is -2.40. The van der Waals surface area contributed by atoms with Gasteiger partial charge in [0.1, 0.15) is 11.1 Å². The topological polar surface area (TPSA) is 71.3 Å². The summed E-state index contributed by atoms with van der Waals surface area (Å²) in [4.78, 5) is 6.43. The summed E-state index contributed by atoms with van der Waals surface area (Å²) >= 11 is 0. The molecular weight excluding hydrogens is 338 g/mol. The van der Waals surface area contributed by atoms with Gasteiger partial charge in [0.05, 0.1) is 11.2 Å². The summed E-state index contributed by atoms with van der Waals surface area (Å²) in [6.07, 6.45) is 3.72. The van der Waals surface area contributed by atoms with Gasteiger partial charge in [-0.1, -0.05) is 18.2 Å². The molecule has 1 aliphatic rings. The van der Waals surface area contributed by atoms with Crippen molar-refractivity contribution in [2.45, 2.75) is 5.25 Å². The van der Waals surface area contributed by atoms with Crippen LogP contribution in [0.3, 0.4) is 0 Å². The first kappa shape index (κ1) is 16.0. The van der Waals surface area contributed by atoms with Crippen molar-refractivity contribution in [2.75, 3.05) is 32.1 Å². The number of hydrogen-bond donors (Lipinski definition) is 0. The molecule has 0 N–H and O–H groups in total. The minimum absolute atomic E-state index is 0.373. The molecule has 8 heteroatoms. The Kier molecular flexibility index (Phi) is 3.73. The van der Waals surface area contributed by atoms with Gasteiger partial charge in [0, 0.05) is 51.0 Å². The number of pyridine rings is 1. The molecule has 0 atom stereocenters. The van der Waals surface area contributed by atoms with Crippen molar-refractivity contribution in [3.63, 3.8) is 0 Å². The summed E-state index contributed by atoms with van der Waals surface area (Å²) < 4.78 is 27.4. The van der Waals surface area contributed by atoms with Gasteiger partial charge < -0.3 is 4.90 Å². The number of benzene rings is 1. The number of sulfonamides is 1. The fraction of sp³-hybridized carbons (Fsp3) is 0.294. The van der Waals surface area contributed by atoms with Crippen molar-refractivity contribution in [2.24, 2.45) is 0 Å². The summed E-state index contributed by atoms with van der Waals surface area (Å²) in [7, 11) is -0.0754. The molecule has 0 saturated carbocycles. The van der Waals surface area contributed by atoms with Crippen LogP contribution in [0, 0.1) is 0 Å². The maximum Gasteiger partial charge on any atom is 0.219 e. The molecule has 25 heavy (non-hydrogen) atoms. The third-order valence-corrected chi connectivity index (χ3v) is 6.66. The monoisotopic (exact) mass is 357 g/mol. The Hall–Kier alpha value is -2.45. The highest BCUT2D eigenvalue weighted by Crippen LogP contribution is 2.26. The standard InChI is InChI=1S/C17H19N5O2S/c1-20(2)25(23,24)15-11-21(12-15)17-8-16-13(9-18-17)10-22(19-16)14-6-4-3-5-7-14/h3-10,15H,11-12H2,1-2H3. The van der Waals surface area contributed by atoms with Crippen molar-refractivity contribution in [1.29, 1.82) is 0 Å². The van der Waals surface area contributed by atoms with E-state index in [4.69, 9.17) is 0 Å². The van der Waals surface area contributed by atoms with Crippen LogP contribution in [0.5, 0.6) is 0 Å². The zero-order valence-electron chi connectivity index (χ0n) is 14.1. The largest absolute Gasteiger partial charge is 0.354 e. The van der Waals surface area contributed by atoms with E-state index in [9.17, 15) is 8.42 Å². The van der Waals surface area contributed by atoms with Crippen LogP contribution >= 0.6 is 0 Å². The second-order valence-corrected chi connectivity index (χ2v) is 8.79. The molecule has 3 heterocycles. The first-order chi connectivity index (χ1) is 11.9. The lowest BCUT2D eigenvalue weighted by molar-refractivity contribution is 0.479. The van der Waals surface area contributed by atoms with Gasteiger partial charge in [-0.15, -0.1) is 0 Å². The SMILES string of the molecule is CN(C)S(=O)(=O)C1CN(c2cc3nn(-c4ccccc4)cc3cn2)C1. The van der Waals surface area contributed by atoms with Crippen LogP contribution in [-0.2, 0) is 10.0 Å². The van der Waals surface area contributed by atoms with E-state index in [-0.39, 0.29) is 5.25 Å². The van der Waals surface area contributed by atoms with Gasteiger partial charge in [-0.25, -0.2) is 22.4 Å². The Morgan fingerprint density at radius 1 is 1.16 bits per heavy atom. The molecule has 1 aromatic carbocycles. The number of para-hydroxylation sites is 1. The van der Waals surface area contributed by atoms with E-state index < -0.39 is 10.0 Å². The zero-order valence-corrected chi connectivity index (χ0v) is 14.9. The molecule has 0 spiro atoms. The van der Waals surface area contributed by atoms with E-state index in [1.807, 2.05) is 52.2 Å². The summed E-state index contributed by atoms with van der Waals surface area (Å²) in [5, 5.41) is 5.18. The molecule has 1 saturated heterocycles. The fourth-order valence-corrected chi connectivity index (χ4v) is 4.24. The van der Waals surface area contributed by atoms with Crippen LogP contribution in [0.15, 0.2) is 48.8 Å². The summed E-state index contributed by atoms with van der Waals surface area (Å²) in [5.74, 6) is 0.760. The van der Waals surface area contributed by atoms with Crippen molar-refractivity contribution in [3.8, 4) is 5.69 Å². The number of nitrogens with zero attached hydrogens (tertiary/aromatic N) is 5. The molecule has 0 bridgehead atoms. The summed E-state index contributed by atoms with van der Waals surface area (Å²) in [6.45, 7) is 0.914. The molecule has 0 aliphatic carbocycles. The Balaban J connectivity index is 1.57. The highest BCUT2D eigenvalue weighted by atomic mass is 32.2. The molecule has 0 radical (unpaired) electrons. The van der Waals surface area contributed by atoms with Crippen molar-refractivity contribution < 1.29 is 8.42 Å². The van der Waals surface area contributed by atoms with Crippen LogP contribution in [-0.4, -0.2) is 59.9 Å². The normalized spacial score (nSPS) is 15.7. The van der Waals surface area contributed by atoms with Gasteiger partial charge >= 0.3 is 0 Å². The zero-order chi connectivity index (χ0) is 17.6. The van der Waals surface area contributed by atoms with Crippen LogP contribution in [0.4, 0.5) is 5.82 Å². The van der Waals surface area contributed by atoms with E-state index >= 15 is 0 Å². The van der Waals surface area contributed by atoms with Gasteiger partial charge in [0.15, 0.2) is 0 Å². The molecule has 1 fully saturated rings. The lowest BCUT2D eigenvalue weighted by Crippen LogP contribution is -2.57. The van der Waals surface area contributed by atoms with E-state index in [1.165, 1.54) is 4.31 Å². The second-order valence-electron chi connectivity index (χ2n) is 6.36. The maximum atomic E-state index is 12.1. The smallest absolute Gasteiger partial charge is 0.219 e. The van der Waals surface area contributed by atoms with Gasteiger partial charge in [0.25, 0.3) is 0 Å². The molecule has 3 aromatic rings. The Bertz CT molecular complexity index is 1010. The van der Waals surface area contributed by atoms with Gasteiger partial charge in [-0.2, -0.15) is 5.10 Å². The first-order valence-electron chi connectivity index (χ1n) is 8.02. The number of anilines is 1. The molecule has 0 amide bonds. The Morgan fingerprint density at radius 2 is 1.88 bits per heavy atom. The first-order valence-corrected chi connectivity index (χ1v) is 9.52. The number of aromatic nitrogens is 3. The molecular formula is C17H19N5O2S. The highest BCUT2D eigenvalue weighted by molar-refractivity contribution is 7.89. The van der Waals surface area contributed by atoms with Gasteiger partial charge in [-0.3, -0.25) is 0 Å². The van der Waals surface area contributed by atoms with Crippen molar-refractivity contribution in [1.82, 2.24) is 19.1 Å². The number of fused-ring (bicyclic) bond motifs is 1. The molecule has 1 aliphatic heterocycles. The molecule has 130 valence electrons. The van der Waals surface area contributed by atoms with Crippen molar-refractivity contribution >= 4 is 26.7 Å². The highest BCUT2D eigenvalue weighted by Gasteiger charge is 2.39. The van der Waals surface area contributed by atoms with E-state index in [0.29, 0.717) is 13.1 Å². The second kappa shape index (κ2) is 5.82. The quantitative estimate of drug-likeness (QED) is 0.708. The minimum atomic E-state index is -3.21. The van der Waals surface area contributed by atoms with Crippen LogP contribution in [0.25, 0.3) is 16.6 Å². The molecule has 4 rings (SSSR count). The number of hydrogen-bond acceptors (Lipinski definition) is 5. The molecule has 0 unspecified atom stereocenters. The predicted molar refractivity (Wildman–Crippen MR) is 97.5 cm³/mol. The number of rotatable bonds is 4. The third kappa shape index (κ3) is 2.77. The van der Waals surface area contributed by atoms with E-state index in [1.54, 1.807) is 20.3 Å². The van der Waals surface area contributed by atoms with Crippen LogP contribution in [0.2, 0.25) is 0 Å². The molecule has 7 nitrogen and oxygen atoms in total. The Morgan fingerprint density at radius 3 is 2.56 bits per heavy atom.